The van der Waals surface area contributed by atoms with Gasteiger partial charge in [0.2, 0.25) is 10.0 Å². The molecular weight excluding hydrogens is 296 g/mol. The summed E-state index contributed by atoms with van der Waals surface area (Å²) < 4.78 is 27.5. The van der Waals surface area contributed by atoms with E-state index < -0.39 is 21.7 Å². The van der Waals surface area contributed by atoms with Crippen LogP contribution >= 0.6 is 0 Å². The molecule has 0 spiro atoms. The van der Waals surface area contributed by atoms with E-state index in [9.17, 15) is 13.2 Å². The fraction of sp³-hybridized carbons (Fsp3) is 0.667. The third kappa shape index (κ3) is 3.42. The zero-order chi connectivity index (χ0) is 15.6. The predicted molar refractivity (Wildman–Crippen MR) is 75.7 cm³/mol. The quantitative estimate of drug-likeness (QED) is 0.713. The van der Waals surface area contributed by atoms with E-state index in [1.807, 2.05) is 6.92 Å². The Morgan fingerprint density at radius 2 is 2.29 bits per heavy atom. The second-order valence-electron chi connectivity index (χ2n) is 5.19. The molecule has 1 aliphatic rings. The van der Waals surface area contributed by atoms with Crippen LogP contribution in [-0.4, -0.2) is 60.3 Å². The molecule has 118 valence electrons. The number of nitrogens with one attached hydrogen (secondary N) is 2. The Labute approximate surface area is 123 Å². The van der Waals surface area contributed by atoms with Gasteiger partial charge in [-0.1, -0.05) is 6.92 Å². The number of aromatic nitrogens is 2. The van der Waals surface area contributed by atoms with Gasteiger partial charge in [0.05, 0.1) is 5.69 Å². The van der Waals surface area contributed by atoms with Crippen molar-refractivity contribution in [2.24, 2.45) is 0 Å². The largest absolute Gasteiger partial charge is 0.476 e. The zero-order valence-corrected chi connectivity index (χ0v) is 12.9. The molecule has 1 unspecified atom stereocenters. The Morgan fingerprint density at radius 3 is 2.90 bits per heavy atom. The number of H-pyrrole nitrogens is 1. The van der Waals surface area contributed by atoms with E-state index in [1.54, 1.807) is 0 Å². The minimum atomic E-state index is -3.91. The van der Waals surface area contributed by atoms with Crippen LogP contribution in [-0.2, 0) is 10.0 Å². The third-order valence-electron chi connectivity index (χ3n) is 3.64. The van der Waals surface area contributed by atoms with Gasteiger partial charge in [-0.2, -0.15) is 5.10 Å². The molecule has 0 amide bonds. The SMILES string of the molecule is CCN1CCCC(NS(=O)(=O)c2c(C(=O)O)n[nH]c2C)C1. The molecule has 0 aliphatic carbocycles. The van der Waals surface area contributed by atoms with Crippen LogP contribution in [0.15, 0.2) is 4.90 Å². The maximum absolute atomic E-state index is 12.4. The van der Waals surface area contributed by atoms with E-state index in [0.717, 1.165) is 25.9 Å². The van der Waals surface area contributed by atoms with Crippen LogP contribution in [0.1, 0.15) is 35.9 Å². The normalized spacial score (nSPS) is 20.6. The lowest BCUT2D eigenvalue weighted by Gasteiger charge is -2.32. The minimum Gasteiger partial charge on any atom is -0.476 e. The van der Waals surface area contributed by atoms with Crippen molar-refractivity contribution in [2.75, 3.05) is 19.6 Å². The highest BCUT2D eigenvalue weighted by Crippen LogP contribution is 2.19. The number of carboxylic acid groups (broad SMARTS) is 1. The number of nitrogens with zero attached hydrogens (tertiary/aromatic N) is 2. The number of carbonyl (C=O) groups is 1. The van der Waals surface area contributed by atoms with Crippen LogP contribution in [0.4, 0.5) is 0 Å². The monoisotopic (exact) mass is 316 g/mol. The molecule has 1 atom stereocenters. The number of sulfonamides is 1. The highest BCUT2D eigenvalue weighted by molar-refractivity contribution is 7.89. The molecule has 1 aromatic heterocycles. The van der Waals surface area contributed by atoms with Crippen LogP contribution in [0.3, 0.4) is 0 Å². The first-order chi connectivity index (χ1) is 9.85. The van der Waals surface area contributed by atoms with Gasteiger partial charge in [-0.25, -0.2) is 17.9 Å². The Morgan fingerprint density at radius 1 is 1.57 bits per heavy atom. The molecule has 3 N–H and O–H groups in total. The Balaban J connectivity index is 2.23. The van der Waals surface area contributed by atoms with E-state index >= 15 is 0 Å². The summed E-state index contributed by atoms with van der Waals surface area (Å²) in [7, 11) is -3.91. The molecule has 0 saturated carbocycles. The molecule has 0 bridgehead atoms. The van der Waals surface area contributed by atoms with E-state index in [4.69, 9.17) is 5.11 Å². The van der Waals surface area contributed by atoms with Gasteiger partial charge in [0.25, 0.3) is 0 Å². The van der Waals surface area contributed by atoms with Gasteiger partial charge < -0.3 is 10.0 Å². The first-order valence-corrected chi connectivity index (χ1v) is 8.36. The molecule has 0 radical (unpaired) electrons. The number of hydrogen-bond acceptors (Lipinski definition) is 5. The molecule has 0 aromatic carbocycles. The molecular formula is C12H20N4O4S. The number of hydrogen-bond donors (Lipinski definition) is 3. The molecule has 8 nitrogen and oxygen atoms in total. The standard InChI is InChI=1S/C12H20N4O4S/c1-3-16-6-4-5-9(7-16)15-21(19,20)11-8(2)13-14-10(11)12(17)18/h9,15H,3-7H2,1-2H3,(H,13,14)(H,17,18). The van der Waals surface area contributed by atoms with Gasteiger partial charge in [-0.3, -0.25) is 5.10 Å². The van der Waals surface area contributed by atoms with Crippen molar-refractivity contribution < 1.29 is 18.3 Å². The number of aryl methyl sites for hydroxylation is 1. The summed E-state index contributed by atoms with van der Waals surface area (Å²) in [5, 5.41) is 15.0. The van der Waals surface area contributed by atoms with Gasteiger partial charge >= 0.3 is 5.97 Å². The number of rotatable bonds is 5. The fourth-order valence-electron chi connectivity index (χ4n) is 2.61. The van der Waals surface area contributed by atoms with E-state index in [0.29, 0.717) is 6.54 Å². The van der Waals surface area contributed by atoms with Crippen molar-refractivity contribution >= 4 is 16.0 Å². The third-order valence-corrected chi connectivity index (χ3v) is 5.32. The Bertz CT molecular complexity index is 625. The zero-order valence-electron chi connectivity index (χ0n) is 12.1. The molecule has 1 aromatic rings. The summed E-state index contributed by atoms with van der Waals surface area (Å²) in [6, 6.07) is -0.209. The van der Waals surface area contributed by atoms with Crippen LogP contribution in [0.2, 0.25) is 0 Å². The van der Waals surface area contributed by atoms with Crippen molar-refractivity contribution in [1.82, 2.24) is 19.8 Å². The van der Waals surface area contributed by atoms with E-state index in [-0.39, 0.29) is 16.6 Å². The van der Waals surface area contributed by atoms with Gasteiger partial charge in [0.15, 0.2) is 5.69 Å². The summed E-state index contributed by atoms with van der Waals surface area (Å²) in [6.07, 6.45) is 1.66. The maximum Gasteiger partial charge on any atom is 0.357 e. The summed E-state index contributed by atoms with van der Waals surface area (Å²) >= 11 is 0. The first kappa shape index (κ1) is 15.9. The minimum absolute atomic E-state index is 0.209. The second kappa shape index (κ2) is 6.12. The highest BCUT2D eigenvalue weighted by Gasteiger charge is 2.31. The topological polar surface area (TPSA) is 115 Å². The van der Waals surface area contributed by atoms with Crippen molar-refractivity contribution in [3.05, 3.63) is 11.4 Å². The van der Waals surface area contributed by atoms with Crippen LogP contribution in [0.25, 0.3) is 0 Å². The van der Waals surface area contributed by atoms with Crippen molar-refractivity contribution in [3.8, 4) is 0 Å². The number of likely N-dealkylation sites (N-methyl/N-ethyl adjacent to an activating group) is 1. The van der Waals surface area contributed by atoms with Gasteiger partial charge in [0, 0.05) is 12.6 Å². The molecule has 9 heteroatoms. The van der Waals surface area contributed by atoms with Gasteiger partial charge in [0.1, 0.15) is 4.90 Å². The van der Waals surface area contributed by atoms with Crippen LogP contribution in [0.5, 0.6) is 0 Å². The number of likely N-dealkylation sites (tertiary alicyclic amines) is 1. The van der Waals surface area contributed by atoms with Crippen molar-refractivity contribution in [3.63, 3.8) is 0 Å². The molecule has 2 rings (SSSR count). The van der Waals surface area contributed by atoms with Crippen molar-refractivity contribution in [1.29, 1.82) is 0 Å². The van der Waals surface area contributed by atoms with E-state index in [2.05, 4.69) is 19.8 Å². The second-order valence-corrected chi connectivity index (χ2v) is 6.84. The smallest absolute Gasteiger partial charge is 0.357 e. The number of piperidine rings is 1. The maximum atomic E-state index is 12.4. The summed E-state index contributed by atoms with van der Waals surface area (Å²) in [6.45, 7) is 5.98. The number of aromatic carboxylic acids is 1. The Kier molecular flexibility index (Phi) is 4.64. The molecule has 1 saturated heterocycles. The lowest BCUT2D eigenvalue weighted by molar-refractivity contribution is 0.0686. The van der Waals surface area contributed by atoms with Gasteiger partial charge in [-0.15, -0.1) is 0 Å². The van der Waals surface area contributed by atoms with Gasteiger partial charge in [-0.05, 0) is 32.9 Å². The van der Waals surface area contributed by atoms with E-state index in [1.165, 1.54) is 6.92 Å². The lowest BCUT2D eigenvalue weighted by Crippen LogP contribution is -2.47. The van der Waals surface area contributed by atoms with Crippen molar-refractivity contribution in [2.45, 2.75) is 37.6 Å². The highest BCUT2D eigenvalue weighted by atomic mass is 32.2. The average molecular weight is 316 g/mol. The molecule has 1 aliphatic heterocycles. The molecule has 2 heterocycles. The fourth-order valence-corrected chi connectivity index (χ4v) is 4.20. The molecule has 21 heavy (non-hydrogen) atoms. The lowest BCUT2D eigenvalue weighted by atomic mass is 10.1. The van der Waals surface area contributed by atoms with Crippen LogP contribution < -0.4 is 4.72 Å². The molecule has 1 fully saturated rings. The average Bonchev–Trinajstić information content (AvgIpc) is 2.81. The Hall–Kier alpha value is -1.45. The summed E-state index contributed by atoms with van der Waals surface area (Å²) in [5.41, 5.74) is -0.244. The summed E-state index contributed by atoms with van der Waals surface area (Å²) in [5.74, 6) is -1.36. The number of carboxylic acids is 1. The number of aromatic amines is 1. The van der Waals surface area contributed by atoms with Crippen LogP contribution in [0, 0.1) is 6.92 Å². The summed E-state index contributed by atoms with van der Waals surface area (Å²) in [4.78, 5) is 13.0. The first-order valence-electron chi connectivity index (χ1n) is 6.88. The predicted octanol–water partition coefficient (Wildman–Crippen LogP) is 0.179.